The molecule has 1 aliphatic heterocycles. The Bertz CT molecular complexity index is 1080. The van der Waals surface area contributed by atoms with Gasteiger partial charge in [0.15, 0.2) is 0 Å². The van der Waals surface area contributed by atoms with Gasteiger partial charge in [0.1, 0.15) is 11.9 Å². The first-order chi connectivity index (χ1) is 17.0. The summed E-state index contributed by atoms with van der Waals surface area (Å²) in [6.07, 6.45) is 2.70. The molecule has 0 aromatic heterocycles. The van der Waals surface area contributed by atoms with Crippen LogP contribution < -0.4 is 5.32 Å². The molecule has 8 heteroatoms. The summed E-state index contributed by atoms with van der Waals surface area (Å²) < 4.78 is 5.66. The van der Waals surface area contributed by atoms with Crippen LogP contribution in [0.2, 0.25) is 0 Å². The molecule has 184 valence electrons. The van der Waals surface area contributed by atoms with Crippen molar-refractivity contribution in [3.8, 4) is 11.1 Å². The number of carboxylic acid groups (broad SMARTS) is 1. The zero-order valence-electron chi connectivity index (χ0n) is 19.6. The first-order valence-corrected chi connectivity index (χ1v) is 13.3. The highest BCUT2D eigenvalue weighted by atomic mass is 32.2. The molecule has 0 spiro atoms. The van der Waals surface area contributed by atoms with Crippen LogP contribution in [0.1, 0.15) is 42.7 Å². The summed E-state index contributed by atoms with van der Waals surface area (Å²) in [4.78, 5) is 39.3. The second-order valence-electron chi connectivity index (χ2n) is 9.62. The van der Waals surface area contributed by atoms with Crippen LogP contribution in [-0.4, -0.2) is 65.2 Å². The number of carboxylic acids is 1. The molecule has 3 aliphatic rings. The van der Waals surface area contributed by atoms with Crippen molar-refractivity contribution in [1.29, 1.82) is 0 Å². The van der Waals surface area contributed by atoms with E-state index in [0.717, 1.165) is 24.0 Å². The molecule has 1 saturated carbocycles. The molecule has 1 atom stereocenters. The van der Waals surface area contributed by atoms with Gasteiger partial charge in [-0.1, -0.05) is 61.4 Å². The fraction of sp³-hybridized carbons (Fsp3) is 0.444. The molecule has 1 heterocycles. The van der Waals surface area contributed by atoms with Crippen LogP contribution in [0.25, 0.3) is 11.1 Å². The summed E-state index contributed by atoms with van der Waals surface area (Å²) >= 11 is 1.38. The molecule has 7 nitrogen and oxygen atoms in total. The van der Waals surface area contributed by atoms with E-state index in [4.69, 9.17) is 4.74 Å². The van der Waals surface area contributed by atoms with Gasteiger partial charge in [-0.3, -0.25) is 9.59 Å². The van der Waals surface area contributed by atoms with Gasteiger partial charge in [-0.15, -0.1) is 11.8 Å². The molecule has 2 aromatic rings. The van der Waals surface area contributed by atoms with Crippen LogP contribution >= 0.6 is 11.8 Å². The Morgan fingerprint density at radius 2 is 1.66 bits per heavy atom. The number of fused-ring (bicyclic) bond motifs is 3. The van der Waals surface area contributed by atoms with Crippen LogP contribution in [0, 0.1) is 5.41 Å². The maximum atomic E-state index is 13.5. The number of amides is 2. The van der Waals surface area contributed by atoms with Crippen molar-refractivity contribution in [1.82, 2.24) is 10.2 Å². The van der Waals surface area contributed by atoms with Gasteiger partial charge in [0, 0.05) is 31.3 Å². The van der Waals surface area contributed by atoms with E-state index in [-0.39, 0.29) is 31.5 Å². The highest BCUT2D eigenvalue weighted by Gasteiger charge is 2.45. The predicted octanol–water partition coefficient (Wildman–Crippen LogP) is 4.11. The largest absolute Gasteiger partial charge is 0.480 e. The number of benzene rings is 2. The lowest BCUT2D eigenvalue weighted by Crippen LogP contribution is -2.53. The number of nitrogens with one attached hydrogen (secondary N) is 1. The molecule has 2 aliphatic carbocycles. The van der Waals surface area contributed by atoms with Crippen LogP contribution in [-0.2, 0) is 14.3 Å². The number of rotatable bonds is 6. The Balaban J connectivity index is 1.22. The summed E-state index contributed by atoms with van der Waals surface area (Å²) in [5.74, 6) is -0.335. The number of carbonyl (C=O) groups excluding carboxylic acids is 2. The van der Waals surface area contributed by atoms with Crippen molar-refractivity contribution in [3.05, 3.63) is 59.7 Å². The zero-order chi connectivity index (χ0) is 24.4. The van der Waals surface area contributed by atoms with E-state index in [0.29, 0.717) is 25.1 Å². The van der Waals surface area contributed by atoms with Gasteiger partial charge in [-0.2, -0.15) is 0 Å². The number of alkyl carbamates (subject to hydrolysis) is 1. The van der Waals surface area contributed by atoms with Crippen molar-refractivity contribution < 1.29 is 24.2 Å². The number of hydrogen-bond donors (Lipinski definition) is 2. The third kappa shape index (κ3) is 4.63. The maximum Gasteiger partial charge on any atom is 0.407 e. The van der Waals surface area contributed by atoms with Crippen LogP contribution in [0.5, 0.6) is 0 Å². The normalized spacial score (nSPS) is 20.7. The second kappa shape index (κ2) is 9.93. The van der Waals surface area contributed by atoms with E-state index >= 15 is 0 Å². The average molecular weight is 495 g/mol. The Labute approximate surface area is 209 Å². The van der Waals surface area contributed by atoms with E-state index in [1.807, 2.05) is 24.3 Å². The molecule has 5 rings (SSSR count). The molecule has 2 amide bonds. The van der Waals surface area contributed by atoms with Crippen molar-refractivity contribution in [2.75, 3.05) is 32.0 Å². The second-order valence-corrected chi connectivity index (χ2v) is 10.9. The standard InChI is InChI=1S/C27H30N2O5S/c30-24(31)23-15-29(13-14-35-23)25(32)27(11-5-6-12-27)17-28-26(33)34-16-22-20-9-3-1-7-18(20)19-8-2-4-10-21(19)22/h1-4,7-10,22-23H,5-6,11-17H2,(H,28,33)(H,30,31). The lowest BCUT2D eigenvalue weighted by molar-refractivity contribution is -0.143. The van der Waals surface area contributed by atoms with Gasteiger partial charge >= 0.3 is 12.1 Å². The third-order valence-electron chi connectivity index (χ3n) is 7.56. The molecule has 2 aromatic carbocycles. The summed E-state index contributed by atoms with van der Waals surface area (Å²) in [5, 5.41) is 11.6. The number of thioether (sulfide) groups is 1. The smallest absolute Gasteiger partial charge is 0.407 e. The number of ether oxygens (including phenoxy) is 1. The van der Waals surface area contributed by atoms with E-state index in [2.05, 4.69) is 29.6 Å². The van der Waals surface area contributed by atoms with Gasteiger partial charge in [0.2, 0.25) is 5.91 Å². The fourth-order valence-corrected chi connectivity index (χ4v) is 6.77. The molecule has 1 saturated heterocycles. The average Bonchev–Trinajstić information content (AvgIpc) is 3.50. The summed E-state index contributed by atoms with van der Waals surface area (Å²) in [5.41, 5.74) is 3.97. The predicted molar refractivity (Wildman–Crippen MR) is 134 cm³/mol. The van der Waals surface area contributed by atoms with E-state index in [1.165, 1.54) is 22.9 Å². The van der Waals surface area contributed by atoms with Crippen molar-refractivity contribution in [3.63, 3.8) is 0 Å². The molecule has 0 radical (unpaired) electrons. The van der Waals surface area contributed by atoms with Crippen LogP contribution in [0.4, 0.5) is 4.79 Å². The lowest BCUT2D eigenvalue weighted by Gasteiger charge is -2.37. The van der Waals surface area contributed by atoms with Crippen molar-refractivity contribution in [2.24, 2.45) is 5.41 Å². The molecule has 1 unspecified atom stereocenters. The Morgan fingerprint density at radius 3 is 2.29 bits per heavy atom. The Morgan fingerprint density at radius 1 is 1.03 bits per heavy atom. The first kappa shape index (κ1) is 23.7. The van der Waals surface area contributed by atoms with Crippen LogP contribution in [0.3, 0.4) is 0 Å². The minimum Gasteiger partial charge on any atom is -0.480 e. The zero-order valence-corrected chi connectivity index (χ0v) is 20.4. The SMILES string of the molecule is O=C(NCC1(C(=O)N2CCSC(C(=O)O)C2)CCCC1)OCC1c2ccccc2-c2ccccc21. The molecule has 2 N–H and O–H groups in total. The van der Waals surface area contributed by atoms with Gasteiger partial charge in [-0.05, 0) is 35.1 Å². The lowest BCUT2D eigenvalue weighted by atomic mass is 9.84. The Hall–Kier alpha value is -3.00. The fourth-order valence-electron chi connectivity index (χ4n) is 5.73. The quantitative estimate of drug-likeness (QED) is 0.627. The number of aliphatic carboxylic acids is 1. The first-order valence-electron chi connectivity index (χ1n) is 12.2. The van der Waals surface area contributed by atoms with Gasteiger partial charge < -0.3 is 20.1 Å². The Kier molecular flexibility index (Phi) is 6.73. The summed E-state index contributed by atoms with van der Waals surface area (Å²) in [7, 11) is 0. The number of nitrogens with zero attached hydrogens (tertiary/aromatic N) is 1. The molecule has 0 bridgehead atoms. The minimum absolute atomic E-state index is 0.0194. The molecule has 2 fully saturated rings. The van der Waals surface area contributed by atoms with Gasteiger partial charge in [0.05, 0.1) is 5.41 Å². The third-order valence-corrected chi connectivity index (χ3v) is 8.73. The summed E-state index contributed by atoms with van der Waals surface area (Å²) in [6.45, 7) is 1.19. The van der Waals surface area contributed by atoms with Crippen molar-refractivity contribution in [2.45, 2.75) is 36.9 Å². The number of hydrogen-bond acceptors (Lipinski definition) is 5. The summed E-state index contributed by atoms with van der Waals surface area (Å²) in [6, 6.07) is 16.4. The minimum atomic E-state index is -0.885. The number of carbonyl (C=O) groups is 3. The van der Waals surface area contributed by atoms with E-state index in [1.54, 1.807) is 4.90 Å². The highest BCUT2D eigenvalue weighted by molar-refractivity contribution is 8.00. The van der Waals surface area contributed by atoms with E-state index in [9.17, 15) is 19.5 Å². The molecular formula is C27H30N2O5S. The van der Waals surface area contributed by atoms with Crippen molar-refractivity contribution >= 4 is 29.7 Å². The molecule has 35 heavy (non-hydrogen) atoms. The topological polar surface area (TPSA) is 95.9 Å². The van der Waals surface area contributed by atoms with Gasteiger partial charge in [0.25, 0.3) is 0 Å². The van der Waals surface area contributed by atoms with Gasteiger partial charge in [-0.25, -0.2) is 4.79 Å². The maximum absolute atomic E-state index is 13.5. The highest BCUT2D eigenvalue weighted by Crippen LogP contribution is 2.44. The monoisotopic (exact) mass is 494 g/mol. The van der Waals surface area contributed by atoms with Crippen LogP contribution in [0.15, 0.2) is 48.5 Å². The van der Waals surface area contributed by atoms with E-state index < -0.39 is 22.7 Å². The molecular weight excluding hydrogens is 464 g/mol.